The molecule has 2 aromatic carbocycles. The molecule has 0 saturated heterocycles. The fourth-order valence-corrected chi connectivity index (χ4v) is 4.99. The zero-order valence-electron chi connectivity index (χ0n) is 21.0. The summed E-state index contributed by atoms with van der Waals surface area (Å²) in [6, 6.07) is 18.4. The van der Waals surface area contributed by atoms with Crippen LogP contribution in [0.3, 0.4) is 0 Å². The lowest BCUT2D eigenvalue weighted by Gasteiger charge is -2.16. The van der Waals surface area contributed by atoms with Crippen molar-refractivity contribution in [3.8, 4) is 22.7 Å². The number of nitrogens with zero attached hydrogens (tertiary/aromatic N) is 2. The predicted octanol–water partition coefficient (Wildman–Crippen LogP) is 7.68. The molecule has 5 rings (SSSR count). The smallest absolute Gasteiger partial charge is 0.287 e. The third kappa shape index (κ3) is 4.85. The summed E-state index contributed by atoms with van der Waals surface area (Å²) in [7, 11) is 0. The monoisotopic (exact) mass is 485 g/mol. The zero-order chi connectivity index (χ0) is 25.2. The second kappa shape index (κ2) is 10.1. The number of hydrogen-bond acceptors (Lipinski definition) is 3. The van der Waals surface area contributed by atoms with E-state index in [4.69, 9.17) is 4.42 Å². The molecule has 186 valence electrons. The van der Waals surface area contributed by atoms with Crippen LogP contribution < -0.4 is 5.32 Å². The van der Waals surface area contributed by atoms with Gasteiger partial charge in [0.15, 0.2) is 11.5 Å². The van der Waals surface area contributed by atoms with Crippen LogP contribution in [0, 0.1) is 5.82 Å². The number of furan rings is 1. The van der Waals surface area contributed by atoms with E-state index < -0.39 is 0 Å². The van der Waals surface area contributed by atoms with Crippen molar-refractivity contribution in [1.29, 1.82) is 0 Å². The lowest BCUT2D eigenvalue weighted by atomic mass is 9.99. The summed E-state index contributed by atoms with van der Waals surface area (Å²) in [5.41, 5.74) is 4.66. The van der Waals surface area contributed by atoms with Gasteiger partial charge in [0, 0.05) is 11.6 Å². The molecule has 2 heterocycles. The van der Waals surface area contributed by atoms with Gasteiger partial charge in [-0.25, -0.2) is 9.37 Å². The van der Waals surface area contributed by atoms with Crippen LogP contribution in [-0.2, 0) is 0 Å². The molecule has 0 aliphatic heterocycles. The molecule has 0 radical (unpaired) electrons. The molecule has 1 aliphatic rings. The fraction of sp³-hybridized carbons (Fsp3) is 0.333. The largest absolute Gasteiger partial charge is 0.449 e. The van der Waals surface area contributed by atoms with Gasteiger partial charge in [0.2, 0.25) is 0 Å². The van der Waals surface area contributed by atoms with E-state index in [-0.39, 0.29) is 23.5 Å². The molecule has 36 heavy (non-hydrogen) atoms. The molecule has 1 atom stereocenters. The third-order valence-corrected chi connectivity index (χ3v) is 7.14. The molecule has 1 amide bonds. The zero-order valence-corrected chi connectivity index (χ0v) is 21.0. The Morgan fingerprint density at radius 1 is 0.972 bits per heavy atom. The Morgan fingerprint density at radius 2 is 1.64 bits per heavy atom. The van der Waals surface area contributed by atoms with Gasteiger partial charge in [-0.2, -0.15) is 0 Å². The highest BCUT2D eigenvalue weighted by atomic mass is 19.1. The topological polar surface area (TPSA) is 60.1 Å². The van der Waals surface area contributed by atoms with Gasteiger partial charge in [0.25, 0.3) is 5.91 Å². The average molecular weight is 486 g/mol. The maximum absolute atomic E-state index is 13.6. The summed E-state index contributed by atoms with van der Waals surface area (Å²) in [4.78, 5) is 17.7. The maximum Gasteiger partial charge on any atom is 0.287 e. The van der Waals surface area contributed by atoms with Crippen LogP contribution in [0.5, 0.6) is 0 Å². The Hall–Kier alpha value is -3.67. The highest BCUT2D eigenvalue weighted by Gasteiger charge is 2.26. The van der Waals surface area contributed by atoms with Crippen LogP contribution in [0.2, 0.25) is 0 Å². The number of imidazole rings is 1. The number of rotatable bonds is 7. The van der Waals surface area contributed by atoms with Crippen molar-refractivity contribution in [3.63, 3.8) is 0 Å². The van der Waals surface area contributed by atoms with Crippen LogP contribution in [0.1, 0.15) is 86.1 Å². The van der Waals surface area contributed by atoms with Gasteiger partial charge in [-0.05, 0) is 73.2 Å². The molecule has 5 nitrogen and oxygen atoms in total. The Kier molecular flexibility index (Phi) is 6.77. The van der Waals surface area contributed by atoms with Crippen LogP contribution in [0.25, 0.3) is 22.7 Å². The molecule has 1 aliphatic carbocycles. The van der Waals surface area contributed by atoms with E-state index in [2.05, 4.69) is 53.0 Å². The SMILES string of the molecule is CC(C)c1ccc(C(C)NC(=O)c2ccc(-c3c(-c4ccc(F)cc4)ncn3C3CCCC3)o2)cc1. The highest BCUT2D eigenvalue weighted by molar-refractivity contribution is 5.92. The van der Waals surface area contributed by atoms with Crippen molar-refractivity contribution in [3.05, 3.63) is 89.7 Å². The van der Waals surface area contributed by atoms with E-state index in [1.165, 1.54) is 30.5 Å². The number of benzene rings is 2. The Bertz CT molecular complexity index is 1330. The molecule has 1 saturated carbocycles. The Morgan fingerprint density at radius 3 is 2.31 bits per heavy atom. The summed E-state index contributed by atoms with van der Waals surface area (Å²) in [5.74, 6) is 0.734. The number of halogens is 1. The minimum Gasteiger partial charge on any atom is -0.449 e. The molecule has 1 fully saturated rings. The molecule has 1 unspecified atom stereocenters. The molecule has 6 heteroatoms. The Balaban J connectivity index is 1.41. The number of carbonyl (C=O) groups is 1. The van der Waals surface area contributed by atoms with Crippen molar-refractivity contribution in [2.24, 2.45) is 0 Å². The van der Waals surface area contributed by atoms with E-state index >= 15 is 0 Å². The standard InChI is InChI=1S/C30H32FN3O2/c1-19(2)21-8-10-22(11-9-21)20(3)33-30(35)27-17-16-26(36-27)29-28(23-12-14-24(31)15-13-23)32-18-34(29)25-6-4-5-7-25/h8-20,25H,4-7H2,1-3H3,(H,33,35). The molecule has 4 aromatic rings. The second-order valence-electron chi connectivity index (χ2n) is 9.97. The van der Waals surface area contributed by atoms with Crippen LogP contribution in [-0.4, -0.2) is 15.5 Å². The number of amides is 1. The summed E-state index contributed by atoms with van der Waals surface area (Å²) in [6.45, 7) is 6.29. The number of hydrogen-bond donors (Lipinski definition) is 1. The van der Waals surface area contributed by atoms with Gasteiger partial charge in [-0.1, -0.05) is 51.0 Å². The van der Waals surface area contributed by atoms with E-state index in [9.17, 15) is 9.18 Å². The van der Waals surface area contributed by atoms with Crippen LogP contribution >= 0.6 is 0 Å². The van der Waals surface area contributed by atoms with Crippen LogP contribution in [0.4, 0.5) is 4.39 Å². The minimum atomic E-state index is -0.291. The van der Waals surface area contributed by atoms with Gasteiger partial charge in [0.1, 0.15) is 11.5 Å². The average Bonchev–Trinajstić information content (AvgIpc) is 3.64. The van der Waals surface area contributed by atoms with Gasteiger partial charge < -0.3 is 14.3 Å². The lowest BCUT2D eigenvalue weighted by Crippen LogP contribution is -2.26. The minimum absolute atomic E-state index is 0.161. The molecular weight excluding hydrogens is 453 g/mol. The normalized spacial score (nSPS) is 14.9. The fourth-order valence-electron chi connectivity index (χ4n) is 4.99. The quantitative estimate of drug-likeness (QED) is 0.292. The van der Waals surface area contributed by atoms with Crippen molar-refractivity contribution >= 4 is 5.91 Å². The second-order valence-corrected chi connectivity index (χ2v) is 9.97. The third-order valence-electron chi connectivity index (χ3n) is 7.14. The van der Waals surface area contributed by atoms with Gasteiger partial charge in [0.05, 0.1) is 18.1 Å². The molecular formula is C30H32FN3O2. The predicted molar refractivity (Wildman–Crippen MR) is 139 cm³/mol. The molecule has 0 bridgehead atoms. The van der Waals surface area contributed by atoms with Gasteiger partial charge in [-0.15, -0.1) is 0 Å². The van der Waals surface area contributed by atoms with Crippen molar-refractivity contribution in [2.75, 3.05) is 0 Å². The number of carbonyl (C=O) groups excluding carboxylic acids is 1. The summed E-state index contributed by atoms with van der Waals surface area (Å²) < 4.78 is 21.8. The first-order valence-electron chi connectivity index (χ1n) is 12.7. The summed E-state index contributed by atoms with van der Waals surface area (Å²) in [6.07, 6.45) is 6.35. The van der Waals surface area contributed by atoms with Crippen molar-refractivity contribution in [1.82, 2.24) is 14.9 Å². The molecule has 0 spiro atoms. The molecule has 2 aromatic heterocycles. The van der Waals surface area contributed by atoms with Crippen molar-refractivity contribution < 1.29 is 13.6 Å². The summed E-state index contributed by atoms with van der Waals surface area (Å²) in [5, 5.41) is 3.05. The highest BCUT2D eigenvalue weighted by Crippen LogP contribution is 2.39. The molecule has 1 N–H and O–H groups in total. The first-order chi connectivity index (χ1) is 17.4. The van der Waals surface area contributed by atoms with E-state index in [0.717, 1.165) is 35.4 Å². The first-order valence-corrected chi connectivity index (χ1v) is 12.7. The lowest BCUT2D eigenvalue weighted by molar-refractivity contribution is 0.0912. The Labute approximate surface area is 211 Å². The van der Waals surface area contributed by atoms with Gasteiger partial charge in [-0.3, -0.25) is 4.79 Å². The van der Waals surface area contributed by atoms with Gasteiger partial charge >= 0.3 is 0 Å². The maximum atomic E-state index is 13.6. The van der Waals surface area contributed by atoms with Crippen molar-refractivity contribution in [2.45, 2.75) is 64.5 Å². The van der Waals surface area contributed by atoms with E-state index in [0.29, 0.717) is 17.7 Å². The van der Waals surface area contributed by atoms with Crippen LogP contribution in [0.15, 0.2) is 71.4 Å². The summed E-state index contributed by atoms with van der Waals surface area (Å²) >= 11 is 0. The van der Waals surface area contributed by atoms with E-state index in [1.54, 1.807) is 18.2 Å². The number of aromatic nitrogens is 2. The number of nitrogens with one attached hydrogen (secondary N) is 1. The van der Waals surface area contributed by atoms with E-state index in [1.807, 2.05) is 19.3 Å². The first kappa shape index (κ1) is 24.0.